The maximum Gasteiger partial charge on any atom is 0.165 e. The Morgan fingerprint density at radius 1 is 0.474 bits per heavy atom. The average molecular weight is 509 g/mol. The highest BCUT2D eigenvalue weighted by molar-refractivity contribution is 5.47. The van der Waals surface area contributed by atoms with Crippen molar-refractivity contribution < 1.29 is 18.3 Å². The first-order valence-electron chi connectivity index (χ1n) is 12.1. The smallest absolute Gasteiger partial charge is 0.165 e. The lowest BCUT2D eigenvalue weighted by molar-refractivity contribution is 0.442. The summed E-state index contributed by atoms with van der Waals surface area (Å²) in [6.07, 6.45) is 1.50. The van der Waals surface area contributed by atoms with Crippen molar-refractivity contribution in [2.75, 3.05) is 11.5 Å². The Hall–Kier alpha value is -4.84. The zero-order chi connectivity index (χ0) is 26.5. The molecule has 0 heterocycles. The first kappa shape index (κ1) is 24.8. The molecule has 38 heavy (non-hydrogen) atoms. The van der Waals surface area contributed by atoms with E-state index in [-0.39, 0.29) is 11.5 Å². The minimum atomic E-state index is -0.461. The van der Waals surface area contributed by atoms with Gasteiger partial charge in [0, 0.05) is 23.5 Å². The second-order valence-corrected chi connectivity index (χ2v) is 9.05. The lowest BCUT2D eigenvalue weighted by Crippen LogP contribution is -1.94. The zero-order valence-corrected chi connectivity index (χ0v) is 20.5. The van der Waals surface area contributed by atoms with Crippen molar-refractivity contribution in [3.63, 3.8) is 0 Å². The molecule has 0 fully saturated rings. The Kier molecular flexibility index (Phi) is 7.22. The molecule has 4 N–H and O–H groups in total. The highest BCUT2D eigenvalue weighted by atomic mass is 19.1. The molecule has 0 radical (unpaired) electrons. The number of halogens is 2. The third-order valence-electron chi connectivity index (χ3n) is 6.02. The molecule has 0 aliphatic carbocycles. The van der Waals surface area contributed by atoms with Crippen LogP contribution in [0.2, 0.25) is 0 Å². The normalized spacial score (nSPS) is 10.8. The number of nitrogens with two attached hydrogens (primary N) is 2. The van der Waals surface area contributed by atoms with Crippen molar-refractivity contribution in [1.82, 2.24) is 0 Å². The van der Waals surface area contributed by atoms with Crippen LogP contribution in [0.3, 0.4) is 0 Å². The third-order valence-corrected chi connectivity index (χ3v) is 6.02. The maximum atomic E-state index is 13.9. The summed E-state index contributed by atoms with van der Waals surface area (Å²) >= 11 is 0. The van der Waals surface area contributed by atoms with E-state index in [1.165, 1.54) is 47.5 Å². The van der Waals surface area contributed by atoms with E-state index in [0.717, 1.165) is 24.0 Å². The summed E-state index contributed by atoms with van der Waals surface area (Å²) in [5.41, 5.74) is 16.9. The number of rotatable bonds is 8. The minimum absolute atomic E-state index is 0.0990. The van der Waals surface area contributed by atoms with Crippen molar-refractivity contribution in [2.45, 2.75) is 12.8 Å². The summed E-state index contributed by atoms with van der Waals surface area (Å²) in [6.45, 7) is 0. The summed E-state index contributed by atoms with van der Waals surface area (Å²) in [7, 11) is 0. The van der Waals surface area contributed by atoms with Crippen LogP contribution in [0.1, 0.15) is 22.3 Å². The fourth-order valence-corrected chi connectivity index (χ4v) is 4.12. The predicted octanol–water partition coefficient (Wildman–Crippen LogP) is 7.90. The summed E-state index contributed by atoms with van der Waals surface area (Å²) in [5, 5.41) is 0. The van der Waals surface area contributed by atoms with E-state index in [9.17, 15) is 8.78 Å². The van der Waals surface area contributed by atoms with Gasteiger partial charge in [-0.3, -0.25) is 0 Å². The van der Waals surface area contributed by atoms with Gasteiger partial charge in [-0.1, -0.05) is 48.5 Å². The lowest BCUT2D eigenvalue weighted by atomic mass is 9.99. The van der Waals surface area contributed by atoms with E-state index in [1.807, 2.05) is 54.6 Å². The fraction of sp³-hybridized carbons (Fsp3) is 0.0625. The predicted molar refractivity (Wildman–Crippen MR) is 147 cm³/mol. The van der Waals surface area contributed by atoms with Crippen LogP contribution in [0.5, 0.6) is 23.0 Å². The number of hydrogen-bond acceptors (Lipinski definition) is 4. The van der Waals surface area contributed by atoms with Crippen molar-refractivity contribution >= 4 is 11.4 Å². The van der Waals surface area contributed by atoms with E-state index in [4.69, 9.17) is 20.9 Å². The molecule has 190 valence electrons. The lowest BCUT2D eigenvalue weighted by Gasteiger charge is -2.10. The molecule has 0 saturated heterocycles. The number of benzene rings is 5. The number of nitrogen functional groups attached to an aromatic ring is 2. The summed E-state index contributed by atoms with van der Waals surface area (Å²) in [4.78, 5) is 0. The van der Waals surface area contributed by atoms with Gasteiger partial charge >= 0.3 is 0 Å². The topological polar surface area (TPSA) is 70.5 Å². The van der Waals surface area contributed by atoms with Gasteiger partial charge in [-0.2, -0.15) is 0 Å². The Morgan fingerprint density at radius 2 is 0.895 bits per heavy atom. The standard InChI is InChI=1S/C32H26F2N2O2/c33-29-14-8-25(35)19-31(29)37-27-10-4-21(5-11-27)16-23-2-1-3-24(18-23)17-22-6-12-28(13-7-22)38-32-20-26(36)9-15-30(32)34/h1-15,18-20H,16-17,35-36H2. The molecular weight excluding hydrogens is 482 g/mol. The van der Waals surface area contributed by atoms with E-state index in [1.54, 1.807) is 0 Å². The van der Waals surface area contributed by atoms with Gasteiger partial charge in [0.1, 0.15) is 11.5 Å². The largest absolute Gasteiger partial charge is 0.454 e. The molecule has 0 spiro atoms. The molecule has 5 aromatic carbocycles. The van der Waals surface area contributed by atoms with Gasteiger partial charge in [-0.25, -0.2) is 8.78 Å². The molecule has 0 unspecified atom stereocenters. The van der Waals surface area contributed by atoms with Crippen LogP contribution < -0.4 is 20.9 Å². The molecule has 0 aliphatic rings. The Balaban J connectivity index is 1.21. The van der Waals surface area contributed by atoms with Gasteiger partial charge in [0.25, 0.3) is 0 Å². The van der Waals surface area contributed by atoms with Gasteiger partial charge in [0.2, 0.25) is 0 Å². The molecule has 4 nitrogen and oxygen atoms in total. The minimum Gasteiger partial charge on any atom is -0.454 e. The van der Waals surface area contributed by atoms with Crippen LogP contribution in [0, 0.1) is 11.6 Å². The number of hydrogen-bond donors (Lipinski definition) is 2. The monoisotopic (exact) mass is 508 g/mol. The Morgan fingerprint density at radius 3 is 1.32 bits per heavy atom. The van der Waals surface area contributed by atoms with E-state index in [0.29, 0.717) is 22.9 Å². The molecule has 6 heteroatoms. The van der Waals surface area contributed by atoms with Crippen LogP contribution in [-0.2, 0) is 12.8 Å². The van der Waals surface area contributed by atoms with E-state index < -0.39 is 11.6 Å². The maximum absolute atomic E-state index is 13.9. The van der Waals surface area contributed by atoms with Crippen LogP contribution in [-0.4, -0.2) is 0 Å². The Bertz CT molecular complexity index is 1440. The van der Waals surface area contributed by atoms with Gasteiger partial charge in [0.15, 0.2) is 23.1 Å². The first-order chi connectivity index (χ1) is 18.4. The fourth-order valence-electron chi connectivity index (χ4n) is 4.12. The van der Waals surface area contributed by atoms with Gasteiger partial charge in [0.05, 0.1) is 0 Å². The van der Waals surface area contributed by atoms with E-state index >= 15 is 0 Å². The Labute approximate surface area is 220 Å². The molecule has 0 atom stereocenters. The van der Waals surface area contributed by atoms with Crippen molar-refractivity contribution in [1.29, 1.82) is 0 Å². The third kappa shape index (κ3) is 6.28. The summed E-state index contributed by atoms with van der Waals surface area (Å²) in [6, 6.07) is 32.1. The van der Waals surface area contributed by atoms with Crippen molar-refractivity contribution in [3.8, 4) is 23.0 Å². The molecule has 0 aliphatic heterocycles. The average Bonchev–Trinajstić information content (AvgIpc) is 2.91. The van der Waals surface area contributed by atoms with Crippen LogP contribution in [0.4, 0.5) is 20.2 Å². The molecule has 5 aromatic rings. The molecule has 5 rings (SSSR count). The summed E-state index contributed by atoms with van der Waals surface area (Å²) in [5.74, 6) is 0.356. The quantitative estimate of drug-likeness (QED) is 0.209. The van der Waals surface area contributed by atoms with Gasteiger partial charge < -0.3 is 20.9 Å². The molecule has 0 amide bonds. The molecule has 0 aromatic heterocycles. The van der Waals surface area contributed by atoms with Crippen LogP contribution >= 0.6 is 0 Å². The molecule has 0 bridgehead atoms. The second-order valence-electron chi connectivity index (χ2n) is 9.05. The van der Waals surface area contributed by atoms with Crippen molar-refractivity contribution in [2.24, 2.45) is 0 Å². The van der Waals surface area contributed by atoms with Gasteiger partial charge in [-0.15, -0.1) is 0 Å². The second kappa shape index (κ2) is 11.0. The highest BCUT2D eigenvalue weighted by Crippen LogP contribution is 2.28. The zero-order valence-electron chi connectivity index (χ0n) is 20.5. The highest BCUT2D eigenvalue weighted by Gasteiger charge is 2.08. The SMILES string of the molecule is Nc1ccc(F)c(Oc2ccc(Cc3cccc(Cc4ccc(Oc5cc(N)ccc5F)cc4)c3)cc2)c1. The summed E-state index contributed by atoms with van der Waals surface area (Å²) < 4.78 is 39.2. The van der Waals surface area contributed by atoms with E-state index in [2.05, 4.69) is 18.2 Å². The number of ether oxygens (including phenoxy) is 2. The molecule has 0 saturated carbocycles. The van der Waals surface area contributed by atoms with Gasteiger partial charge in [-0.05, 0) is 83.6 Å². The first-order valence-corrected chi connectivity index (χ1v) is 12.1. The molecular formula is C32H26F2N2O2. The van der Waals surface area contributed by atoms with Crippen LogP contribution in [0.15, 0.2) is 109 Å². The van der Waals surface area contributed by atoms with Crippen LogP contribution in [0.25, 0.3) is 0 Å². The van der Waals surface area contributed by atoms with Crippen molar-refractivity contribution in [3.05, 3.63) is 143 Å². The number of anilines is 2.